The van der Waals surface area contributed by atoms with Crippen LogP contribution >= 0.6 is 11.6 Å². The minimum Gasteiger partial charge on any atom is -0.323 e. The van der Waals surface area contributed by atoms with E-state index in [4.69, 9.17) is 11.6 Å². The van der Waals surface area contributed by atoms with Crippen molar-refractivity contribution in [3.8, 4) is 0 Å². The molecule has 1 nitrogen and oxygen atoms in total. The van der Waals surface area contributed by atoms with Gasteiger partial charge in [-0.1, -0.05) is 60.1 Å². The number of halogens is 1. The van der Waals surface area contributed by atoms with E-state index in [1.165, 1.54) is 11.1 Å². The van der Waals surface area contributed by atoms with Gasteiger partial charge in [-0.25, -0.2) is 0 Å². The largest absolute Gasteiger partial charge is 0.323 e. The molecule has 1 N–H and O–H groups in total. The van der Waals surface area contributed by atoms with Crippen LogP contribution in [-0.4, -0.2) is 14.1 Å². The van der Waals surface area contributed by atoms with E-state index in [0.29, 0.717) is 0 Å². The summed E-state index contributed by atoms with van der Waals surface area (Å²) in [5, 5.41) is 3.59. The summed E-state index contributed by atoms with van der Waals surface area (Å²) in [6.45, 7) is 0. The Hall–Kier alpha value is -1.31. The SMILES string of the molecule is CNC.Clc1ccccc1Cc1ccccc1. The molecule has 0 fully saturated rings. The summed E-state index contributed by atoms with van der Waals surface area (Å²) in [7, 11) is 3.75. The molecule has 0 atom stereocenters. The van der Waals surface area contributed by atoms with Crippen molar-refractivity contribution in [1.29, 1.82) is 0 Å². The van der Waals surface area contributed by atoms with E-state index in [1.54, 1.807) is 0 Å². The Bertz CT molecular complexity index is 426. The first-order valence-corrected chi connectivity index (χ1v) is 6.01. The van der Waals surface area contributed by atoms with Gasteiger partial charge in [0.15, 0.2) is 0 Å². The molecule has 0 radical (unpaired) electrons. The van der Waals surface area contributed by atoms with Crippen LogP contribution in [0.15, 0.2) is 54.6 Å². The molecule has 2 heteroatoms. The first-order valence-electron chi connectivity index (χ1n) is 5.63. The highest BCUT2D eigenvalue weighted by Crippen LogP contribution is 2.18. The van der Waals surface area contributed by atoms with Gasteiger partial charge in [-0.05, 0) is 37.7 Å². The second-order valence-electron chi connectivity index (χ2n) is 3.75. The van der Waals surface area contributed by atoms with Crippen LogP contribution in [0.25, 0.3) is 0 Å². The van der Waals surface area contributed by atoms with Gasteiger partial charge < -0.3 is 5.32 Å². The first kappa shape index (κ1) is 13.8. The lowest BCUT2D eigenvalue weighted by Gasteiger charge is -2.03. The molecule has 2 aromatic carbocycles. The van der Waals surface area contributed by atoms with Gasteiger partial charge in [0, 0.05) is 5.02 Å². The Labute approximate surface area is 108 Å². The van der Waals surface area contributed by atoms with E-state index in [1.807, 2.05) is 50.5 Å². The normalized spacial score (nSPS) is 9.35. The monoisotopic (exact) mass is 247 g/mol. The Morgan fingerprint density at radius 1 is 0.882 bits per heavy atom. The molecule has 0 amide bonds. The lowest BCUT2D eigenvalue weighted by molar-refractivity contribution is 1.02. The molecule has 90 valence electrons. The average Bonchev–Trinajstić information content (AvgIpc) is 2.35. The van der Waals surface area contributed by atoms with Gasteiger partial charge >= 0.3 is 0 Å². The van der Waals surface area contributed by atoms with Crippen molar-refractivity contribution in [3.63, 3.8) is 0 Å². The standard InChI is InChI=1S/C13H11Cl.C2H7N/c14-13-9-5-4-8-12(13)10-11-6-2-1-3-7-11;1-3-2/h1-9H,10H2;3H,1-2H3. The number of benzene rings is 2. The lowest BCUT2D eigenvalue weighted by atomic mass is 10.1. The second kappa shape index (κ2) is 7.88. The molecule has 0 saturated heterocycles. The van der Waals surface area contributed by atoms with Crippen LogP contribution < -0.4 is 5.32 Å². The Kier molecular flexibility index (Phi) is 6.38. The van der Waals surface area contributed by atoms with Gasteiger partial charge in [-0.15, -0.1) is 0 Å². The number of hydrogen-bond acceptors (Lipinski definition) is 1. The lowest BCUT2D eigenvalue weighted by Crippen LogP contribution is -1.89. The smallest absolute Gasteiger partial charge is 0.0441 e. The van der Waals surface area contributed by atoms with Crippen molar-refractivity contribution in [3.05, 3.63) is 70.7 Å². The van der Waals surface area contributed by atoms with Crippen molar-refractivity contribution in [1.82, 2.24) is 5.32 Å². The van der Waals surface area contributed by atoms with Crippen LogP contribution in [0.2, 0.25) is 5.02 Å². The molecule has 0 aliphatic heterocycles. The predicted molar refractivity (Wildman–Crippen MR) is 75.7 cm³/mol. The Balaban J connectivity index is 0.000000437. The van der Waals surface area contributed by atoms with E-state index in [9.17, 15) is 0 Å². The van der Waals surface area contributed by atoms with Gasteiger partial charge in [0.2, 0.25) is 0 Å². The third-order valence-corrected chi connectivity index (χ3v) is 2.56. The molecule has 0 spiro atoms. The third kappa shape index (κ3) is 5.03. The molecule has 0 aliphatic carbocycles. The Morgan fingerprint density at radius 2 is 1.41 bits per heavy atom. The summed E-state index contributed by atoms with van der Waals surface area (Å²) in [4.78, 5) is 0. The summed E-state index contributed by atoms with van der Waals surface area (Å²) >= 11 is 6.07. The van der Waals surface area contributed by atoms with Gasteiger partial charge in [0.1, 0.15) is 0 Å². The number of hydrogen-bond donors (Lipinski definition) is 1. The fourth-order valence-electron chi connectivity index (χ4n) is 1.46. The van der Waals surface area contributed by atoms with Gasteiger partial charge in [0.05, 0.1) is 0 Å². The zero-order valence-corrected chi connectivity index (χ0v) is 11.0. The van der Waals surface area contributed by atoms with Gasteiger partial charge in [-0.2, -0.15) is 0 Å². The summed E-state index contributed by atoms with van der Waals surface area (Å²) in [5.74, 6) is 0. The quantitative estimate of drug-likeness (QED) is 0.852. The van der Waals surface area contributed by atoms with Crippen LogP contribution in [0, 0.1) is 0 Å². The molecular formula is C15H18ClN. The van der Waals surface area contributed by atoms with E-state index >= 15 is 0 Å². The summed E-state index contributed by atoms with van der Waals surface area (Å²) < 4.78 is 0. The maximum Gasteiger partial charge on any atom is 0.0441 e. The van der Waals surface area contributed by atoms with Crippen molar-refractivity contribution in [2.24, 2.45) is 0 Å². The fourth-order valence-corrected chi connectivity index (χ4v) is 1.66. The molecule has 0 aliphatic rings. The zero-order valence-electron chi connectivity index (χ0n) is 10.3. The van der Waals surface area contributed by atoms with Crippen molar-refractivity contribution in [2.45, 2.75) is 6.42 Å². The maximum absolute atomic E-state index is 6.07. The van der Waals surface area contributed by atoms with E-state index < -0.39 is 0 Å². The third-order valence-electron chi connectivity index (χ3n) is 2.20. The molecule has 0 saturated carbocycles. The highest BCUT2D eigenvalue weighted by Gasteiger charge is 1.99. The molecule has 0 aromatic heterocycles. The Morgan fingerprint density at radius 3 is 2.00 bits per heavy atom. The minimum absolute atomic E-state index is 0.844. The fraction of sp³-hybridized carbons (Fsp3) is 0.200. The van der Waals surface area contributed by atoms with Gasteiger partial charge in [-0.3, -0.25) is 0 Å². The summed E-state index contributed by atoms with van der Waals surface area (Å²) in [5.41, 5.74) is 2.47. The van der Waals surface area contributed by atoms with Crippen LogP contribution in [0.4, 0.5) is 0 Å². The van der Waals surface area contributed by atoms with Crippen molar-refractivity contribution < 1.29 is 0 Å². The van der Waals surface area contributed by atoms with E-state index in [0.717, 1.165) is 11.4 Å². The molecule has 0 unspecified atom stereocenters. The second-order valence-corrected chi connectivity index (χ2v) is 4.16. The van der Waals surface area contributed by atoms with E-state index in [-0.39, 0.29) is 0 Å². The highest BCUT2D eigenvalue weighted by atomic mass is 35.5. The molecule has 17 heavy (non-hydrogen) atoms. The maximum atomic E-state index is 6.07. The number of rotatable bonds is 2. The average molecular weight is 248 g/mol. The van der Waals surface area contributed by atoms with Crippen LogP contribution in [-0.2, 0) is 6.42 Å². The summed E-state index contributed by atoms with van der Waals surface area (Å²) in [6.07, 6.45) is 0.903. The zero-order chi connectivity index (χ0) is 12.5. The molecule has 2 rings (SSSR count). The predicted octanol–water partition coefficient (Wildman–Crippen LogP) is 3.77. The van der Waals surface area contributed by atoms with Crippen LogP contribution in [0.3, 0.4) is 0 Å². The first-order chi connectivity index (χ1) is 8.27. The highest BCUT2D eigenvalue weighted by molar-refractivity contribution is 6.31. The van der Waals surface area contributed by atoms with Crippen molar-refractivity contribution >= 4 is 11.6 Å². The molecule has 0 heterocycles. The topological polar surface area (TPSA) is 12.0 Å². The van der Waals surface area contributed by atoms with E-state index in [2.05, 4.69) is 23.5 Å². The van der Waals surface area contributed by atoms with Crippen LogP contribution in [0.5, 0.6) is 0 Å². The summed E-state index contributed by atoms with van der Waals surface area (Å²) in [6, 6.07) is 18.3. The minimum atomic E-state index is 0.844. The van der Waals surface area contributed by atoms with Crippen LogP contribution in [0.1, 0.15) is 11.1 Å². The van der Waals surface area contributed by atoms with Gasteiger partial charge in [0.25, 0.3) is 0 Å². The van der Waals surface area contributed by atoms with Crippen molar-refractivity contribution in [2.75, 3.05) is 14.1 Å². The number of nitrogens with one attached hydrogen (secondary N) is 1. The molecule has 2 aromatic rings. The molecular weight excluding hydrogens is 230 g/mol. The molecule has 0 bridgehead atoms.